The fourth-order valence-corrected chi connectivity index (χ4v) is 1.70. The van der Waals surface area contributed by atoms with Crippen LogP contribution in [0, 0.1) is 20.8 Å². The molecular formula is C13H16N4O. The van der Waals surface area contributed by atoms with Gasteiger partial charge in [0.2, 0.25) is 11.8 Å². The van der Waals surface area contributed by atoms with Crippen molar-refractivity contribution >= 4 is 11.8 Å². The van der Waals surface area contributed by atoms with Crippen LogP contribution in [0.4, 0.5) is 11.8 Å². The van der Waals surface area contributed by atoms with Crippen molar-refractivity contribution in [1.82, 2.24) is 9.97 Å². The number of hydrogen-bond donors (Lipinski definition) is 2. The number of aryl methyl sites for hydroxylation is 2. The van der Waals surface area contributed by atoms with E-state index in [1.807, 2.05) is 26.8 Å². The number of nitrogen functional groups attached to an aromatic ring is 2. The lowest BCUT2D eigenvalue weighted by Crippen LogP contribution is -2.02. The summed E-state index contributed by atoms with van der Waals surface area (Å²) >= 11 is 0. The van der Waals surface area contributed by atoms with Crippen molar-refractivity contribution in [1.29, 1.82) is 0 Å². The van der Waals surface area contributed by atoms with Crippen LogP contribution in [0.15, 0.2) is 18.2 Å². The van der Waals surface area contributed by atoms with Gasteiger partial charge in [-0.1, -0.05) is 12.1 Å². The van der Waals surface area contributed by atoms with Gasteiger partial charge in [-0.3, -0.25) is 0 Å². The maximum absolute atomic E-state index is 5.77. The van der Waals surface area contributed by atoms with Gasteiger partial charge < -0.3 is 16.2 Å². The Morgan fingerprint density at radius 1 is 1.00 bits per heavy atom. The Bertz CT molecular complexity index is 576. The topological polar surface area (TPSA) is 87.0 Å². The molecule has 4 N–H and O–H groups in total. The third-order valence-electron chi connectivity index (χ3n) is 2.82. The van der Waals surface area contributed by atoms with Gasteiger partial charge in [-0.25, -0.2) is 0 Å². The number of hydrogen-bond acceptors (Lipinski definition) is 5. The average molecular weight is 244 g/mol. The van der Waals surface area contributed by atoms with Crippen molar-refractivity contribution < 1.29 is 4.74 Å². The van der Waals surface area contributed by atoms with E-state index >= 15 is 0 Å². The molecule has 0 atom stereocenters. The van der Waals surface area contributed by atoms with Gasteiger partial charge >= 0.3 is 0 Å². The molecule has 0 aliphatic carbocycles. The molecule has 0 fully saturated rings. The van der Waals surface area contributed by atoms with Gasteiger partial charge in [0.1, 0.15) is 11.6 Å². The zero-order valence-corrected chi connectivity index (χ0v) is 10.7. The zero-order chi connectivity index (χ0) is 13.3. The second kappa shape index (κ2) is 4.52. The monoisotopic (exact) mass is 244 g/mol. The molecule has 0 saturated heterocycles. The second-order valence-electron chi connectivity index (χ2n) is 4.24. The van der Waals surface area contributed by atoms with Gasteiger partial charge in [0.15, 0.2) is 0 Å². The smallest absolute Gasteiger partial charge is 0.226 e. The predicted octanol–water partition coefficient (Wildman–Crippen LogP) is 2.36. The highest BCUT2D eigenvalue weighted by Gasteiger charge is 2.09. The van der Waals surface area contributed by atoms with Crippen molar-refractivity contribution in [2.45, 2.75) is 20.8 Å². The number of rotatable bonds is 2. The van der Waals surface area contributed by atoms with Crippen LogP contribution < -0.4 is 16.2 Å². The lowest BCUT2D eigenvalue weighted by Gasteiger charge is -2.13. The van der Waals surface area contributed by atoms with Gasteiger partial charge in [0.25, 0.3) is 0 Å². The maximum atomic E-state index is 5.77. The molecule has 0 unspecified atom stereocenters. The zero-order valence-electron chi connectivity index (χ0n) is 10.7. The maximum Gasteiger partial charge on any atom is 0.226 e. The summed E-state index contributed by atoms with van der Waals surface area (Å²) in [6, 6.07) is 5.61. The molecule has 5 heteroatoms. The van der Waals surface area contributed by atoms with E-state index in [9.17, 15) is 0 Å². The molecule has 1 heterocycles. The molecule has 1 aromatic carbocycles. The van der Waals surface area contributed by atoms with Gasteiger partial charge in [-0.05, 0) is 37.5 Å². The van der Waals surface area contributed by atoms with Gasteiger partial charge in [0, 0.05) is 6.07 Å². The number of benzene rings is 1. The SMILES string of the molecule is Cc1ccc(C)c(Oc2cc(N)nc(N)n2)c1C. The first-order valence-corrected chi connectivity index (χ1v) is 5.62. The minimum Gasteiger partial charge on any atom is -0.438 e. The molecule has 5 nitrogen and oxygen atoms in total. The van der Waals surface area contributed by atoms with Crippen molar-refractivity contribution in [3.63, 3.8) is 0 Å². The molecule has 2 rings (SSSR count). The van der Waals surface area contributed by atoms with E-state index in [0.717, 1.165) is 22.4 Å². The third kappa shape index (κ3) is 2.34. The molecule has 2 aromatic rings. The van der Waals surface area contributed by atoms with E-state index in [4.69, 9.17) is 16.2 Å². The van der Waals surface area contributed by atoms with E-state index in [1.165, 1.54) is 0 Å². The summed E-state index contributed by atoms with van der Waals surface area (Å²) in [6.45, 7) is 6.02. The Morgan fingerprint density at radius 2 is 1.67 bits per heavy atom. The summed E-state index contributed by atoms with van der Waals surface area (Å²) in [7, 11) is 0. The second-order valence-corrected chi connectivity index (χ2v) is 4.24. The van der Waals surface area contributed by atoms with Gasteiger partial charge in [-0.15, -0.1) is 0 Å². The number of anilines is 2. The lowest BCUT2D eigenvalue weighted by atomic mass is 10.1. The van der Waals surface area contributed by atoms with E-state index in [0.29, 0.717) is 11.7 Å². The fourth-order valence-electron chi connectivity index (χ4n) is 1.70. The summed E-state index contributed by atoms with van der Waals surface area (Å²) in [6.07, 6.45) is 0. The van der Waals surface area contributed by atoms with Crippen molar-refractivity contribution in [3.05, 3.63) is 34.9 Å². The number of nitrogens with zero attached hydrogens (tertiary/aromatic N) is 2. The molecule has 1 aromatic heterocycles. The highest BCUT2D eigenvalue weighted by Crippen LogP contribution is 2.30. The van der Waals surface area contributed by atoms with Crippen LogP contribution in [0.2, 0.25) is 0 Å². The third-order valence-corrected chi connectivity index (χ3v) is 2.82. The van der Waals surface area contributed by atoms with Crippen molar-refractivity contribution in [2.24, 2.45) is 0 Å². The van der Waals surface area contributed by atoms with Crippen LogP contribution in [0.1, 0.15) is 16.7 Å². The van der Waals surface area contributed by atoms with Gasteiger partial charge in [-0.2, -0.15) is 9.97 Å². The molecule has 0 amide bonds. The van der Waals surface area contributed by atoms with Crippen LogP contribution in [-0.2, 0) is 0 Å². The Balaban J connectivity index is 2.42. The van der Waals surface area contributed by atoms with E-state index in [-0.39, 0.29) is 5.95 Å². The summed E-state index contributed by atoms with van der Waals surface area (Å²) in [5, 5.41) is 0. The highest BCUT2D eigenvalue weighted by atomic mass is 16.5. The van der Waals surface area contributed by atoms with Gasteiger partial charge in [0.05, 0.1) is 0 Å². The molecule has 0 saturated carbocycles. The normalized spacial score (nSPS) is 10.4. The largest absolute Gasteiger partial charge is 0.438 e. The number of aromatic nitrogens is 2. The van der Waals surface area contributed by atoms with E-state index < -0.39 is 0 Å². The minimum absolute atomic E-state index is 0.105. The van der Waals surface area contributed by atoms with Crippen molar-refractivity contribution in [3.8, 4) is 11.6 Å². The van der Waals surface area contributed by atoms with Crippen LogP contribution in [-0.4, -0.2) is 9.97 Å². The first kappa shape index (κ1) is 12.2. The molecule has 0 aliphatic rings. The fraction of sp³-hybridized carbons (Fsp3) is 0.231. The predicted molar refractivity (Wildman–Crippen MR) is 71.6 cm³/mol. The first-order chi connectivity index (χ1) is 8.47. The van der Waals surface area contributed by atoms with E-state index in [2.05, 4.69) is 16.0 Å². The molecular weight excluding hydrogens is 228 g/mol. The van der Waals surface area contributed by atoms with E-state index in [1.54, 1.807) is 6.07 Å². The Labute approximate surface area is 106 Å². The Hall–Kier alpha value is -2.30. The molecule has 18 heavy (non-hydrogen) atoms. The molecule has 94 valence electrons. The van der Waals surface area contributed by atoms with Crippen LogP contribution in [0.5, 0.6) is 11.6 Å². The molecule has 0 radical (unpaired) electrons. The molecule has 0 spiro atoms. The number of nitrogens with two attached hydrogens (primary N) is 2. The standard InChI is InChI=1S/C13H16N4O/c1-7-4-5-8(2)12(9(7)3)18-11-6-10(14)16-13(15)17-11/h4-6H,1-3H3,(H4,14,15,16,17). The van der Waals surface area contributed by atoms with Crippen LogP contribution in [0.3, 0.4) is 0 Å². The Kier molecular flexibility index (Phi) is 3.06. The average Bonchev–Trinajstić information content (AvgIpc) is 2.28. The van der Waals surface area contributed by atoms with Crippen molar-refractivity contribution in [2.75, 3.05) is 11.5 Å². The van der Waals surface area contributed by atoms with Crippen LogP contribution in [0.25, 0.3) is 0 Å². The Morgan fingerprint density at radius 3 is 2.33 bits per heavy atom. The van der Waals surface area contributed by atoms with Crippen LogP contribution >= 0.6 is 0 Å². The summed E-state index contributed by atoms with van der Waals surface area (Å²) in [5.41, 5.74) is 14.4. The highest BCUT2D eigenvalue weighted by molar-refractivity contribution is 5.47. The molecule has 0 aliphatic heterocycles. The minimum atomic E-state index is 0.105. The summed E-state index contributed by atoms with van der Waals surface area (Å²) in [4.78, 5) is 7.81. The first-order valence-electron chi connectivity index (χ1n) is 5.62. The quantitative estimate of drug-likeness (QED) is 0.846. The summed E-state index contributed by atoms with van der Waals surface area (Å²) < 4.78 is 5.77. The summed E-state index contributed by atoms with van der Waals surface area (Å²) in [5.74, 6) is 1.54. The molecule has 0 bridgehead atoms. The lowest BCUT2D eigenvalue weighted by molar-refractivity contribution is 0.455. The number of ether oxygens (including phenoxy) is 1.